The van der Waals surface area contributed by atoms with Gasteiger partial charge < -0.3 is 5.73 Å². The van der Waals surface area contributed by atoms with E-state index in [0.717, 1.165) is 15.4 Å². The number of primary amides is 1. The molecule has 3 rings (SSSR count). The van der Waals surface area contributed by atoms with Gasteiger partial charge >= 0.3 is 17.8 Å². The standard InChI is InChI=1S/C19H17N3O4/c1-12(14-7-3-2-4-8-14)22-18(25)17(24)21(19(22)26)11-13-6-5-9-15(10-13)16(20)23/h2-10,12H,11H2,1H3,(H2,20,23). The minimum absolute atomic E-state index is 0.109. The summed E-state index contributed by atoms with van der Waals surface area (Å²) in [4.78, 5) is 50.4. The predicted octanol–water partition coefficient (Wildman–Crippen LogP) is 1.84. The SMILES string of the molecule is CC(c1ccccc1)N1C(=O)C(=O)N(Cc2cccc(C(N)=O)c2)C1=O. The average molecular weight is 351 g/mol. The summed E-state index contributed by atoms with van der Waals surface area (Å²) in [6.45, 7) is 1.58. The van der Waals surface area contributed by atoms with Gasteiger partial charge in [0.15, 0.2) is 0 Å². The Hall–Kier alpha value is -3.48. The van der Waals surface area contributed by atoms with Gasteiger partial charge in [-0.05, 0) is 30.2 Å². The Morgan fingerprint density at radius 3 is 2.35 bits per heavy atom. The summed E-state index contributed by atoms with van der Waals surface area (Å²) < 4.78 is 0. The molecule has 2 aromatic carbocycles. The van der Waals surface area contributed by atoms with E-state index in [0.29, 0.717) is 5.56 Å². The molecule has 2 aromatic rings. The van der Waals surface area contributed by atoms with Crippen molar-refractivity contribution >= 4 is 23.8 Å². The second-order valence-corrected chi connectivity index (χ2v) is 6.00. The second kappa shape index (κ2) is 6.79. The van der Waals surface area contributed by atoms with E-state index in [1.54, 1.807) is 43.3 Å². The molecule has 0 aromatic heterocycles. The number of nitrogens with zero attached hydrogens (tertiary/aromatic N) is 2. The molecule has 1 atom stereocenters. The smallest absolute Gasteiger partial charge is 0.335 e. The van der Waals surface area contributed by atoms with E-state index in [9.17, 15) is 19.2 Å². The third-order valence-corrected chi connectivity index (χ3v) is 4.31. The first-order chi connectivity index (χ1) is 12.4. The maximum Gasteiger partial charge on any atom is 0.335 e. The van der Waals surface area contributed by atoms with Crippen LogP contribution in [0.15, 0.2) is 54.6 Å². The first-order valence-electron chi connectivity index (χ1n) is 8.03. The zero-order valence-corrected chi connectivity index (χ0v) is 14.1. The number of hydrogen-bond donors (Lipinski definition) is 1. The minimum Gasteiger partial charge on any atom is -0.366 e. The molecule has 7 nitrogen and oxygen atoms in total. The highest BCUT2D eigenvalue weighted by Crippen LogP contribution is 2.27. The molecule has 1 unspecified atom stereocenters. The van der Waals surface area contributed by atoms with Crippen LogP contribution < -0.4 is 5.73 Å². The fourth-order valence-corrected chi connectivity index (χ4v) is 2.89. The van der Waals surface area contributed by atoms with Crippen LogP contribution in [0, 0.1) is 0 Å². The molecule has 7 heteroatoms. The van der Waals surface area contributed by atoms with E-state index in [1.807, 2.05) is 6.07 Å². The number of benzene rings is 2. The highest BCUT2D eigenvalue weighted by molar-refractivity contribution is 6.44. The van der Waals surface area contributed by atoms with E-state index in [2.05, 4.69) is 0 Å². The molecular formula is C19H17N3O4. The largest absolute Gasteiger partial charge is 0.366 e. The van der Waals surface area contributed by atoms with Gasteiger partial charge in [-0.3, -0.25) is 19.3 Å². The van der Waals surface area contributed by atoms with Gasteiger partial charge in [0.2, 0.25) is 5.91 Å². The van der Waals surface area contributed by atoms with E-state index >= 15 is 0 Å². The number of carbonyl (C=O) groups excluding carboxylic acids is 4. The van der Waals surface area contributed by atoms with Crippen molar-refractivity contribution in [2.75, 3.05) is 0 Å². The van der Waals surface area contributed by atoms with Crippen molar-refractivity contribution in [3.63, 3.8) is 0 Å². The summed E-state index contributed by atoms with van der Waals surface area (Å²) in [7, 11) is 0. The number of amides is 5. The van der Waals surface area contributed by atoms with Gasteiger partial charge in [-0.1, -0.05) is 42.5 Å². The molecule has 1 saturated heterocycles. The number of rotatable bonds is 5. The van der Waals surface area contributed by atoms with Gasteiger partial charge in [0.05, 0.1) is 12.6 Å². The van der Waals surface area contributed by atoms with Crippen molar-refractivity contribution in [3.8, 4) is 0 Å². The lowest BCUT2D eigenvalue weighted by atomic mass is 10.1. The van der Waals surface area contributed by atoms with Gasteiger partial charge in [-0.25, -0.2) is 9.69 Å². The van der Waals surface area contributed by atoms with Gasteiger partial charge in [0.25, 0.3) is 0 Å². The summed E-state index contributed by atoms with van der Waals surface area (Å²) in [5.74, 6) is -2.36. The molecule has 1 heterocycles. The highest BCUT2D eigenvalue weighted by atomic mass is 16.2. The van der Waals surface area contributed by atoms with Crippen molar-refractivity contribution in [1.82, 2.24) is 9.80 Å². The maximum absolute atomic E-state index is 12.7. The second-order valence-electron chi connectivity index (χ2n) is 6.00. The van der Waals surface area contributed by atoms with E-state index < -0.39 is 29.8 Å². The van der Waals surface area contributed by atoms with Crippen LogP contribution in [-0.2, 0) is 16.1 Å². The van der Waals surface area contributed by atoms with Crippen LogP contribution in [0.5, 0.6) is 0 Å². The summed E-state index contributed by atoms with van der Waals surface area (Å²) in [5, 5.41) is 0. The third-order valence-electron chi connectivity index (χ3n) is 4.31. The maximum atomic E-state index is 12.7. The Morgan fingerprint density at radius 2 is 1.69 bits per heavy atom. The molecular weight excluding hydrogens is 334 g/mol. The Kier molecular flexibility index (Phi) is 4.53. The monoisotopic (exact) mass is 351 g/mol. The van der Waals surface area contributed by atoms with Crippen LogP contribution in [-0.4, -0.2) is 33.6 Å². The summed E-state index contributed by atoms with van der Waals surface area (Å²) in [5.41, 5.74) is 6.79. The van der Waals surface area contributed by atoms with Gasteiger partial charge in [-0.2, -0.15) is 0 Å². The normalized spacial score (nSPS) is 15.5. The molecule has 0 aliphatic carbocycles. The lowest BCUT2D eigenvalue weighted by Crippen LogP contribution is -2.35. The van der Waals surface area contributed by atoms with Gasteiger partial charge in [0, 0.05) is 5.56 Å². The van der Waals surface area contributed by atoms with Crippen LogP contribution in [0.3, 0.4) is 0 Å². The number of nitrogens with two attached hydrogens (primary N) is 1. The van der Waals surface area contributed by atoms with Crippen molar-refractivity contribution in [2.24, 2.45) is 5.73 Å². The van der Waals surface area contributed by atoms with E-state index in [4.69, 9.17) is 5.73 Å². The molecule has 0 spiro atoms. The first kappa shape index (κ1) is 17.3. The van der Waals surface area contributed by atoms with Crippen molar-refractivity contribution in [1.29, 1.82) is 0 Å². The summed E-state index contributed by atoms with van der Waals surface area (Å²) in [6.07, 6.45) is 0. The fourth-order valence-electron chi connectivity index (χ4n) is 2.89. The molecule has 132 valence electrons. The predicted molar refractivity (Wildman–Crippen MR) is 92.6 cm³/mol. The summed E-state index contributed by atoms with van der Waals surface area (Å²) in [6, 6.07) is 14.0. The van der Waals surface area contributed by atoms with Crippen LogP contribution in [0.2, 0.25) is 0 Å². The lowest BCUT2D eigenvalue weighted by Gasteiger charge is -2.22. The van der Waals surface area contributed by atoms with Crippen molar-refractivity contribution in [2.45, 2.75) is 19.5 Å². The third kappa shape index (κ3) is 3.06. The molecule has 1 aliphatic rings. The average Bonchev–Trinajstić information content (AvgIpc) is 2.85. The van der Waals surface area contributed by atoms with Gasteiger partial charge in [-0.15, -0.1) is 0 Å². The molecule has 5 amide bonds. The molecule has 1 fully saturated rings. The van der Waals surface area contributed by atoms with Crippen LogP contribution in [0.25, 0.3) is 0 Å². The van der Waals surface area contributed by atoms with Crippen LogP contribution >= 0.6 is 0 Å². The highest BCUT2D eigenvalue weighted by Gasteiger charge is 2.46. The van der Waals surface area contributed by atoms with Crippen LogP contribution in [0.4, 0.5) is 4.79 Å². The van der Waals surface area contributed by atoms with E-state index in [-0.39, 0.29) is 12.1 Å². The Bertz CT molecular complexity index is 895. The molecule has 2 N–H and O–H groups in total. The van der Waals surface area contributed by atoms with Gasteiger partial charge in [0.1, 0.15) is 0 Å². The zero-order chi connectivity index (χ0) is 18.8. The first-order valence-corrected chi connectivity index (χ1v) is 8.03. The lowest BCUT2D eigenvalue weighted by molar-refractivity contribution is -0.144. The zero-order valence-electron chi connectivity index (χ0n) is 14.1. The molecule has 0 radical (unpaired) electrons. The van der Waals surface area contributed by atoms with Crippen LogP contribution in [0.1, 0.15) is 34.5 Å². The molecule has 1 aliphatic heterocycles. The quantitative estimate of drug-likeness (QED) is 0.656. The number of hydrogen-bond acceptors (Lipinski definition) is 4. The number of carbonyl (C=O) groups is 4. The molecule has 0 bridgehead atoms. The van der Waals surface area contributed by atoms with Crippen molar-refractivity contribution in [3.05, 3.63) is 71.3 Å². The van der Waals surface area contributed by atoms with E-state index in [1.165, 1.54) is 12.1 Å². The number of imide groups is 2. The molecule has 26 heavy (non-hydrogen) atoms. The Morgan fingerprint density at radius 1 is 1.00 bits per heavy atom. The van der Waals surface area contributed by atoms with Crippen molar-refractivity contribution < 1.29 is 19.2 Å². The molecule has 0 saturated carbocycles. The topological polar surface area (TPSA) is 101 Å². The Balaban J connectivity index is 1.85. The fraction of sp³-hybridized carbons (Fsp3) is 0.158. The summed E-state index contributed by atoms with van der Waals surface area (Å²) >= 11 is 0. The Labute approximate surface area is 150 Å². The number of urea groups is 1. The minimum atomic E-state index is -0.887.